The third-order valence-corrected chi connectivity index (χ3v) is 3.93. The van der Waals surface area contributed by atoms with Crippen LogP contribution in [0.4, 0.5) is 5.69 Å². The van der Waals surface area contributed by atoms with Crippen molar-refractivity contribution in [3.05, 3.63) is 29.3 Å². The molecule has 0 heterocycles. The molecule has 1 aliphatic carbocycles. The van der Waals surface area contributed by atoms with Gasteiger partial charge in [0.1, 0.15) is 0 Å². The Labute approximate surface area is 122 Å². The lowest BCUT2D eigenvalue weighted by molar-refractivity contribution is 0.0655. The lowest BCUT2D eigenvalue weighted by Crippen LogP contribution is -2.41. The molecule has 0 saturated heterocycles. The summed E-state index contributed by atoms with van der Waals surface area (Å²) in [5, 5.41) is 0. The van der Waals surface area contributed by atoms with Gasteiger partial charge >= 0.3 is 0 Å². The monoisotopic (exact) mass is 274 g/mol. The molecule has 3 nitrogen and oxygen atoms in total. The molecule has 3 heteroatoms. The zero-order valence-corrected chi connectivity index (χ0v) is 12.9. The van der Waals surface area contributed by atoms with Crippen molar-refractivity contribution in [2.75, 3.05) is 12.3 Å². The van der Waals surface area contributed by atoms with Gasteiger partial charge in [0.15, 0.2) is 0 Å². The highest BCUT2D eigenvalue weighted by molar-refractivity contribution is 5.95. The molecule has 0 radical (unpaired) electrons. The van der Waals surface area contributed by atoms with Crippen molar-refractivity contribution in [3.8, 4) is 0 Å². The molecule has 0 atom stereocenters. The van der Waals surface area contributed by atoms with E-state index in [0.717, 1.165) is 30.5 Å². The number of nitrogens with two attached hydrogens (primary N) is 1. The van der Waals surface area contributed by atoms with E-state index in [1.165, 1.54) is 12.8 Å². The second-order valence-electron chi connectivity index (χ2n) is 6.42. The summed E-state index contributed by atoms with van der Waals surface area (Å²) in [5.74, 6) is 0.628. The standard InChI is InChI=1S/C17H26N2O/c1-12(2)11-19(16-6-4-5-7-16)17(20)14-8-13(3)9-15(18)10-14/h8-10,12,16H,4-7,11,18H2,1-3H3. The zero-order valence-electron chi connectivity index (χ0n) is 12.9. The van der Waals surface area contributed by atoms with Gasteiger partial charge in [-0.05, 0) is 49.4 Å². The molecule has 1 saturated carbocycles. The first-order valence-corrected chi connectivity index (χ1v) is 7.65. The van der Waals surface area contributed by atoms with Crippen LogP contribution in [-0.4, -0.2) is 23.4 Å². The van der Waals surface area contributed by atoms with E-state index in [4.69, 9.17) is 5.73 Å². The normalized spacial score (nSPS) is 15.8. The molecule has 1 amide bonds. The van der Waals surface area contributed by atoms with Crippen LogP contribution in [0.1, 0.15) is 55.5 Å². The molecule has 1 aliphatic rings. The summed E-state index contributed by atoms with van der Waals surface area (Å²) in [6.07, 6.45) is 4.75. The number of anilines is 1. The molecule has 110 valence electrons. The summed E-state index contributed by atoms with van der Waals surface area (Å²) in [4.78, 5) is 14.9. The van der Waals surface area contributed by atoms with Gasteiger partial charge in [0.25, 0.3) is 5.91 Å². The summed E-state index contributed by atoms with van der Waals surface area (Å²) in [7, 11) is 0. The highest BCUT2D eigenvalue weighted by atomic mass is 16.2. The van der Waals surface area contributed by atoms with Crippen LogP contribution in [0.3, 0.4) is 0 Å². The number of nitrogens with zero attached hydrogens (tertiary/aromatic N) is 1. The molecule has 0 bridgehead atoms. The van der Waals surface area contributed by atoms with Crippen LogP contribution in [-0.2, 0) is 0 Å². The third-order valence-electron chi connectivity index (χ3n) is 3.93. The van der Waals surface area contributed by atoms with Crippen molar-refractivity contribution in [2.45, 2.75) is 52.5 Å². The van der Waals surface area contributed by atoms with Gasteiger partial charge in [-0.1, -0.05) is 26.7 Å². The average molecular weight is 274 g/mol. The Morgan fingerprint density at radius 3 is 2.50 bits per heavy atom. The Morgan fingerprint density at radius 1 is 1.30 bits per heavy atom. The molecule has 0 spiro atoms. The van der Waals surface area contributed by atoms with Gasteiger partial charge in [-0.3, -0.25) is 4.79 Å². The van der Waals surface area contributed by atoms with Gasteiger partial charge in [-0.25, -0.2) is 0 Å². The van der Waals surface area contributed by atoms with Crippen LogP contribution in [0.15, 0.2) is 18.2 Å². The lowest BCUT2D eigenvalue weighted by Gasteiger charge is -2.31. The molecular formula is C17H26N2O. The Kier molecular flexibility index (Phi) is 4.69. The number of carbonyl (C=O) groups excluding carboxylic acids is 1. The van der Waals surface area contributed by atoms with E-state index in [9.17, 15) is 4.79 Å². The first kappa shape index (κ1) is 14.9. The van der Waals surface area contributed by atoms with E-state index < -0.39 is 0 Å². The van der Waals surface area contributed by atoms with Crippen molar-refractivity contribution in [1.29, 1.82) is 0 Å². The SMILES string of the molecule is Cc1cc(N)cc(C(=O)N(CC(C)C)C2CCCC2)c1. The van der Waals surface area contributed by atoms with Crippen molar-refractivity contribution in [3.63, 3.8) is 0 Å². The number of benzene rings is 1. The smallest absolute Gasteiger partial charge is 0.254 e. The molecule has 20 heavy (non-hydrogen) atoms. The van der Waals surface area contributed by atoms with Crippen LogP contribution >= 0.6 is 0 Å². The number of nitrogen functional groups attached to an aromatic ring is 1. The van der Waals surface area contributed by atoms with Gasteiger partial charge in [0.2, 0.25) is 0 Å². The van der Waals surface area contributed by atoms with Crippen LogP contribution in [0.5, 0.6) is 0 Å². The maximum Gasteiger partial charge on any atom is 0.254 e. The second kappa shape index (κ2) is 6.29. The van der Waals surface area contributed by atoms with Crippen molar-refractivity contribution in [1.82, 2.24) is 4.90 Å². The van der Waals surface area contributed by atoms with E-state index in [-0.39, 0.29) is 5.91 Å². The van der Waals surface area contributed by atoms with E-state index in [1.807, 2.05) is 19.1 Å². The van der Waals surface area contributed by atoms with Crippen LogP contribution in [0.25, 0.3) is 0 Å². The molecule has 0 aromatic heterocycles. The van der Waals surface area contributed by atoms with E-state index in [1.54, 1.807) is 6.07 Å². The van der Waals surface area contributed by atoms with Gasteiger partial charge in [-0.2, -0.15) is 0 Å². The molecular weight excluding hydrogens is 248 g/mol. The van der Waals surface area contributed by atoms with Crippen LogP contribution < -0.4 is 5.73 Å². The van der Waals surface area contributed by atoms with Crippen LogP contribution in [0.2, 0.25) is 0 Å². The third kappa shape index (κ3) is 3.53. The minimum Gasteiger partial charge on any atom is -0.399 e. The minimum absolute atomic E-state index is 0.140. The lowest BCUT2D eigenvalue weighted by atomic mass is 10.1. The second-order valence-corrected chi connectivity index (χ2v) is 6.42. The predicted octanol–water partition coefficient (Wildman–Crippen LogP) is 3.62. The first-order valence-electron chi connectivity index (χ1n) is 7.65. The fourth-order valence-corrected chi connectivity index (χ4v) is 3.11. The molecule has 1 aromatic rings. The van der Waals surface area contributed by atoms with Crippen LogP contribution in [0, 0.1) is 12.8 Å². The molecule has 2 N–H and O–H groups in total. The van der Waals surface area contributed by atoms with Gasteiger partial charge < -0.3 is 10.6 Å². The Morgan fingerprint density at radius 2 is 1.95 bits per heavy atom. The maximum atomic E-state index is 12.8. The molecule has 0 aliphatic heterocycles. The highest BCUT2D eigenvalue weighted by Crippen LogP contribution is 2.26. The van der Waals surface area contributed by atoms with E-state index in [2.05, 4.69) is 18.7 Å². The molecule has 1 fully saturated rings. The van der Waals surface area contributed by atoms with E-state index >= 15 is 0 Å². The van der Waals surface area contributed by atoms with Gasteiger partial charge in [0, 0.05) is 23.8 Å². The molecule has 0 unspecified atom stereocenters. The Balaban J connectivity index is 2.24. The number of hydrogen-bond acceptors (Lipinski definition) is 2. The van der Waals surface area contributed by atoms with Crippen molar-refractivity contribution >= 4 is 11.6 Å². The zero-order chi connectivity index (χ0) is 14.7. The molecule has 1 aromatic carbocycles. The fraction of sp³-hybridized carbons (Fsp3) is 0.588. The van der Waals surface area contributed by atoms with Gasteiger partial charge in [0.05, 0.1) is 0 Å². The topological polar surface area (TPSA) is 46.3 Å². The van der Waals surface area contributed by atoms with E-state index in [0.29, 0.717) is 17.6 Å². The maximum absolute atomic E-state index is 12.8. The quantitative estimate of drug-likeness (QED) is 0.852. The fourth-order valence-electron chi connectivity index (χ4n) is 3.11. The predicted molar refractivity (Wildman–Crippen MR) is 83.7 cm³/mol. The molecule has 2 rings (SSSR count). The summed E-state index contributed by atoms with van der Waals surface area (Å²) < 4.78 is 0. The Bertz CT molecular complexity index is 456. The summed E-state index contributed by atoms with van der Waals surface area (Å²) in [5.41, 5.74) is 8.33. The largest absolute Gasteiger partial charge is 0.399 e. The number of hydrogen-bond donors (Lipinski definition) is 1. The number of amides is 1. The number of carbonyl (C=O) groups is 1. The highest BCUT2D eigenvalue weighted by Gasteiger charge is 2.28. The Hall–Kier alpha value is -1.51. The number of rotatable bonds is 4. The minimum atomic E-state index is 0.140. The van der Waals surface area contributed by atoms with Crippen molar-refractivity contribution < 1.29 is 4.79 Å². The number of aryl methyl sites for hydroxylation is 1. The van der Waals surface area contributed by atoms with Crippen molar-refractivity contribution in [2.24, 2.45) is 5.92 Å². The van der Waals surface area contributed by atoms with Gasteiger partial charge in [-0.15, -0.1) is 0 Å². The summed E-state index contributed by atoms with van der Waals surface area (Å²) in [6, 6.07) is 6.06. The first-order chi connectivity index (χ1) is 9.47. The average Bonchev–Trinajstić information content (AvgIpc) is 2.87. The summed E-state index contributed by atoms with van der Waals surface area (Å²) >= 11 is 0. The summed E-state index contributed by atoms with van der Waals surface area (Å²) in [6.45, 7) is 7.15.